The van der Waals surface area contributed by atoms with Crippen molar-refractivity contribution in [1.29, 1.82) is 5.26 Å². The minimum absolute atomic E-state index is 0.0512. The quantitative estimate of drug-likeness (QED) is 0.453. The molecule has 1 aliphatic carbocycles. The minimum atomic E-state index is -0.487. The fraction of sp³-hybridized carbons (Fsp3) is 0.308. The standard InChI is InChI=1S/C13H13N3O2/c1-2-7-15(11-3-4-11)13-6-5-12(16(17)18)8-10(13)9-14/h2,5-6,8,11H,1,3-4,7H2. The fourth-order valence-electron chi connectivity index (χ4n) is 1.95. The molecule has 0 bridgehead atoms. The number of rotatable bonds is 5. The summed E-state index contributed by atoms with van der Waals surface area (Å²) in [5.41, 5.74) is 1.05. The van der Waals surface area contributed by atoms with Gasteiger partial charge in [-0.25, -0.2) is 0 Å². The number of non-ortho nitro benzene ring substituents is 1. The largest absolute Gasteiger partial charge is 0.364 e. The van der Waals surface area contributed by atoms with Gasteiger partial charge in [-0.1, -0.05) is 6.08 Å². The molecule has 0 unspecified atom stereocenters. The molecule has 5 heteroatoms. The Kier molecular flexibility index (Phi) is 3.28. The Bertz CT molecular complexity index is 530. The van der Waals surface area contributed by atoms with E-state index in [-0.39, 0.29) is 5.69 Å². The molecule has 92 valence electrons. The van der Waals surface area contributed by atoms with Gasteiger partial charge in [-0.05, 0) is 18.9 Å². The van der Waals surface area contributed by atoms with Gasteiger partial charge in [0.1, 0.15) is 6.07 Å². The van der Waals surface area contributed by atoms with Gasteiger partial charge in [-0.3, -0.25) is 10.1 Å². The van der Waals surface area contributed by atoms with E-state index in [9.17, 15) is 10.1 Å². The smallest absolute Gasteiger partial charge is 0.270 e. The summed E-state index contributed by atoms with van der Waals surface area (Å²) in [6.45, 7) is 4.35. The predicted molar refractivity (Wildman–Crippen MR) is 68.4 cm³/mol. The molecule has 18 heavy (non-hydrogen) atoms. The second-order valence-corrected chi connectivity index (χ2v) is 4.24. The Morgan fingerprint density at radius 2 is 2.33 bits per heavy atom. The van der Waals surface area contributed by atoms with Crippen LogP contribution >= 0.6 is 0 Å². The van der Waals surface area contributed by atoms with E-state index >= 15 is 0 Å². The van der Waals surface area contributed by atoms with Gasteiger partial charge >= 0.3 is 0 Å². The normalized spacial score (nSPS) is 13.7. The maximum absolute atomic E-state index is 10.7. The first kappa shape index (κ1) is 12.1. The van der Waals surface area contributed by atoms with E-state index in [1.165, 1.54) is 12.1 Å². The molecule has 1 aliphatic rings. The van der Waals surface area contributed by atoms with Crippen molar-refractivity contribution in [3.8, 4) is 6.07 Å². The number of benzene rings is 1. The summed E-state index contributed by atoms with van der Waals surface area (Å²) in [6.07, 6.45) is 3.96. The van der Waals surface area contributed by atoms with Crippen molar-refractivity contribution in [3.05, 3.63) is 46.5 Å². The van der Waals surface area contributed by atoms with Crippen molar-refractivity contribution in [2.24, 2.45) is 0 Å². The Hall–Kier alpha value is -2.35. The molecule has 0 saturated heterocycles. The first-order valence-electron chi connectivity index (χ1n) is 5.73. The van der Waals surface area contributed by atoms with Crippen molar-refractivity contribution in [3.63, 3.8) is 0 Å². The third-order valence-corrected chi connectivity index (χ3v) is 2.93. The summed E-state index contributed by atoms with van der Waals surface area (Å²) in [7, 11) is 0. The van der Waals surface area contributed by atoms with Gasteiger partial charge in [0.05, 0.1) is 16.2 Å². The number of nitrogens with zero attached hydrogens (tertiary/aromatic N) is 3. The molecule has 1 aromatic carbocycles. The minimum Gasteiger partial charge on any atom is -0.364 e. The van der Waals surface area contributed by atoms with Crippen LogP contribution in [-0.4, -0.2) is 17.5 Å². The second kappa shape index (κ2) is 4.88. The Labute approximate surface area is 105 Å². The molecule has 1 fully saturated rings. The average molecular weight is 243 g/mol. The van der Waals surface area contributed by atoms with Crippen LogP contribution in [0.15, 0.2) is 30.9 Å². The van der Waals surface area contributed by atoms with Gasteiger partial charge < -0.3 is 4.90 Å². The van der Waals surface area contributed by atoms with E-state index in [2.05, 4.69) is 11.5 Å². The highest BCUT2D eigenvalue weighted by Crippen LogP contribution is 2.34. The van der Waals surface area contributed by atoms with Crippen molar-refractivity contribution < 1.29 is 4.92 Å². The molecular weight excluding hydrogens is 230 g/mol. The molecule has 0 aromatic heterocycles. The highest BCUT2D eigenvalue weighted by molar-refractivity contribution is 5.64. The van der Waals surface area contributed by atoms with Crippen molar-refractivity contribution in [1.82, 2.24) is 0 Å². The zero-order chi connectivity index (χ0) is 13.1. The number of hydrogen-bond acceptors (Lipinski definition) is 4. The van der Waals surface area contributed by atoms with E-state index in [0.29, 0.717) is 18.2 Å². The van der Waals surface area contributed by atoms with Crippen molar-refractivity contribution >= 4 is 11.4 Å². The van der Waals surface area contributed by atoms with E-state index in [1.54, 1.807) is 12.1 Å². The third-order valence-electron chi connectivity index (χ3n) is 2.93. The number of nitro groups is 1. The van der Waals surface area contributed by atoms with Crippen LogP contribution in [0, 0.1) is 21.4 Å². The summed E-state index contributed by atoms with van der Waals surface area (Å²) in [5, 5.41) is 19.8. The van der Waals surface area contributed by atoms with Crippen LogP contribution in [0.4, 0.5) is 11.4 Å². The summed E-state index contributed by atoms with van der Waals surface area (Å²) in [5.74, 6) is 0. The lowest BCUT2D eigenvalue weighted by Gasteiger charge is -2.23. The monoisotopic (exact) mass is 243 g/mol. The molecular formula is C13H13N3O2. The summed E-state index contributed by atoms with van der Waals surface area (Å²) in [6, 6.07) is 6.88. The van der Waals surface area contributed by atoms with Crippen LogP contribution in [0.1, 0.15) is 18.4 Å². The first-order chi connectivity index (χ1) is 8.67. The molecule has 0 spiro atoms. The first-order valence-corrected chi connectivity index (χ1v) is 5.73. The maximum atomic E-state index is 10.7. The van der Waals surface area contributed by atoms with Crippen LogP contribution in [0.25, 0.3) is 0 Å². The van der Waals surface area contributed by atoms with Crippen molar-refractivity contribution in [2.75, 3.05) is 11.4 Å². The SMILES string of the molecule is C=CCN(c1ccc([N+](=O)[O-])cc1C#N)C1CC1. The lowest BCUT2D eigenvalue weighted by molar-refractivity contribution is -0.384. The van der Waals surface area contributed by atoms with E-state index in [1.807, 2.05) is 6.07 Å². The lowest BCUT2D eigenvalue weighted by Crippen LogP contribution is -2.26. The summed E-state index contributed by atoms with van der Waals surface area (Å²) >= 11 is 0. The number of anilines is 1. The molecule has 0 heterocycles. The molecule has 5 nitrogen and oxygen atoms in total. The van der Waals surface area contributed by atoms with E-state index in [4.69, 9.17) is 5.26 Å². The average Bonchev–Trinajstić information content (AvgIpc) is 3.19. The highest BCUT2D eigenvalue weighted by Gasteiger charge is 2.30. The molecule has 0 radical (unpaired) electrons. The van der Waals surface area contributed by atoms with E-state index < -0.39 is 4.92 Å². The molecule has 0 N–H and O–H groups in total. The van der Waals surface area contributed by atoms with Crippen LogP contribution in [0.3, 0.4) is 0 Å². The molecule has 2 rings (SSSR count). The Balaban J connectivity index is 2.39. The molecule has 1 aromatic rings. The van der Waals surface area contributed by atoms with Gasteiger partial charge in [0.25, 0.3) is 5.69 Å². The summed E-state index contributed by atoms with van der Waals surface area (Å²) < 4.78 is 0. The molecule has 0 amide bonds. The summed E-state index contributed by atoms with van der Waals surface area (Å²) in [4.78, 5) is 12.3. The topological polar surface area (TPSA) is 70.2 Å². The Morgan fingerprint density at radius 3 is 2.83 bits per heavy atom. The zero-order valence-corrected chi connectivity index (χ0v) is 9.87. The van der Waals surface area contributed by atoms with Gasteiger partial charge in [0.15, 0.2) is 0 Å². The van der Waals surface area contributed by atoms with Crippen LogP contribution in [0.5, 0.6) is 0 Å². The number of hydrogen-bond donors (Lipinski definition) is 0. The molecule has 1 saturated carbocycles. The lowest BCUT2D eigenvalue weighted by atomic mass is 10.1. The number of nitriles is 1. The van der Waals surface area contributed by atoms with Crippen LogP contribution in [-0.2, 0) is 0 Å². The highest BCUT2D eigenvalue weighted by atomic mass is 16.6. The zero-order valence-electron chi connectivity index (χ0n) is 9.87. The third kappa shape index (κ3) is 2.33. The van der Waals surface area contributed by atoms with Gasteiger partial charge in [0.2, 0.25) is 0 Å². The van der Waals surface area contributed by atoms with Gasteiger partial charge in [-0.2, -0.15) is 5.26 Å². The van der Waals surface area contributed by atoms with Crippen LogP contribution < -0.4 is 4.90 Å². The van der Waals surface area contributed by atoms with Crippen molar-refractivity contribution in [2.45, 2.75) is 18.9 Å². The fourth-order valence-corrected chi connectivity index (χ4v) is 1.95. The maximum Gasteiger partial charge on any atom is 0.270 e. The Morgan fingerprint density at radius 1 is 1.61 bits per heavy atom. The molecule has 0 atom stereocenters. The predicted octanol–water partition coefficient (Wildman–Crippen LogP) is 2.62. The second-order valence-electron chi connectivity index (χ2n) is 4.24. The van der Waals surface area contributed by atoms with E-state index in [0.717, 1.165) is 18.5 Å². The van der Waals surface area contributed by atoms with Gasteiger partial charge in [-0.15, -0.1) is 6.58 Å². The van der Waals surface area contributed by atoms with Gasteiger partial charge in [0, 0.05) is 24.7 Å². The number of nitro benzene ring substituents is 1. The van der Waals surface area contributed by atoms with Crippen LogP contribution in [0.2, 0.25) is 0 Å². The molecule has 0 aliphatic heterocycles.